The van der Waals surface area contributed by atoms with E-state index in [0.29, 0.717) is 29.7 Å². The van der Waals surface area contributed by atoms with Crippen LogP contribution in [0.5, 0.6) is 0 Å². The zero-order chi connectivity index (χ0) is 23.1. The average Bonchev–Trinajstić information content (AvgIpc) is 3.44. The zero-order valence-corrected chi connectivity index (χ0v) is 18.3. The smallest absolute Gasteiger partial charge is 0.300 e. The Morgan fingerprint density at radius 2 is 1.94 bits per heavy atom. The van der Waals surface area contributed by atoms with Gasteiger partial charge >= 0.3 is 0 Å². The number of nitrogens with one attached hydrogen (secondary N) is 1. The fourth-order valence-electron chi connectivity index (χ4n) is 4.47. The highest BCUT2D eigenvalue weighted by atomic mass is 16.5. The lowest BCUT2D eigenvalue weighted by atomic mass is 9.78. The molecular formula is C23H29N3O6. The Morgan fingerprint density at radius 3 is 2.56 bits per heavy atom. The molecule has 172 valence electrons. The molecule has 0 spiro atoms. The minimum absolute atomic E-state index is 0.0324. The van der Waals surface area contributed by atoms with E-state index >= 15 is 0 Å². The van der Waals surface area contributed by atoms with Crippen LogP contribution in [0.4, 0.5) is 0 Å². The molecule has 1 saturated heterocycles. The first kappa shape index (κ1) is 23.5. The van der Waals surface area contributed by atoms with Gasteiger partial charge in [0, 0.05) is 50.2 Å². The van der Waals surface area contributed by atoms with Gasteiger partial charge in [-0.2, -0.15) is 0 Å². The maximum atomic E-state index is 12.8. The fraction of sp³-hybridized carbons (Fsp3) is 0.478. The number of likely N-dealkylation sites (tertiary alicyclic amines) is 1. The van der Waals surface area contributed by atoms with Gasteiger partial charge in [0.05, 0.1) is 6.20 Å². The Kier molecular flexibility index (Phi) is 7.99. The van der Waals surface area contributed by atoms with Crippen molar-refractivity contribution in [3.8, 4) is 11.3 Å². The highest BCUT2D eigenvalue weighted by molar-refractivity contribution is 5.94. The van der Waals surface area contributed by atoms with Gasteiger partial charge in [-0.3, -0.25) is 14.4 Å². The SMILES string of the molecule is CC(=O)O.COCC(=O)N1C[C@@H]2CCC[C@H](NC(=O)c3ccc(-c4cnco4)cc3)[C@@H]2C1. The van der Waals surface area contributed by atoms with E-state index in [2.05, 4.69) is 10.3 Å². The fourth-order valence-corrected chi connectivity index (χ4v) is 4.47. The zero-order valence-electron chi connectivity index (χ0n) is 18.3. The molecule has 2 heterocycles. The number of carbonyl (C=O) groups excluding carboxylic acids is 2. The molecule has 9 heteroatoms. The van der Waals surface area contributed by atoms with E-state index in [-0.39, 0.29) is 24.5 Å². The highest BCUT2D eigenvalue weighted by Gasteiger charge is 2.42. The molecule has 1 saturated carbocycles. The topological polar surface area (TPSA) is 122 Å². The van der Waals surface area contributed by atoms with Crippen LogP contribution in [0.3, 0.4) is 0 Å². The molecule has 4 rings (SSSR count). The Balaban J connectivity index is 0.000000668. The maximum Gasteiger partial charge on any atom is 0.300 e. The number of methoxy groups -OCH3 is 1. The monoisotopic (exact) mass is 443 g/mol. The number of rotatable bonds is 5. The van der Waals surface area contributed by atoms with Crippen molar-refractivity contribution in [2.45, 2.75) is 32.2 Å². The van der Waals surface area contributed by atoms with E-state index in [4.69, 9.17) is 19.1 Å². The van der Waals surface area contributed by atoms with Crippen molar-refractivity contribution >= 4 is 17.8 Å². The maximum absolute atomic E-state index is 12.8. The predicted octanol–water partition coefficient (Wildman–Crippen LogP) is 2.44. The number of amides is 2. The van der Waals surface area contributed by atoms with Crippen LogP contribution < -0.4 is 5.32 Å². The summed E-state index contributed by atoms with van der Waals surface area (Å²) >= 11 is 0. The first-order valence-corrected chi connectivity index (χ1v) is 10.6. The molecule has 32 heavy (non-hydrogen) atoms. The van der Waals surface area contributed by atoms with E-state index in [0.717, 1.165) is 38.3 Å². The summed E-state index contributed by atoms with van der Waals surface area (Å²) in [7, 11) is 1.54. The van der Waals surface area contributed by atoms with Crippen LogP contribution in [-0.4, -0.2) is 65.6 Å². The van der Waals surface area contributed by atoms with E-state index in [1.807, 2.05) is 17.0 Å². The molecular weight excluding hydrogens is 414 g/mol. The standard InChI is InChI=1S/C21H25N3O4.C2H4O2/c1-27-12-20(25)24-10-16-3-2-4-18(17(16)11-24)23-21(26)15-7-5-14(6-8-15)19-9-22-13-28-19;1-2(3)4/h5-9,13,16-18H,2-4,10-12H2,1H3,(H,23,26);1H3,(H,3,4)/t16-,17+,18-;/m0./s1. The lowest BCUT2D eigenvalue weighted by Crippen LogP contribution is -2.45. The molecule has 0 radical (unpaired) electrons. The number of hydrogen-bond donors (Lipinski definition) is 2. The number of hydrogen-bond acceptors (Lipinski definition) is 6. The average molecular weight is 444 g/mol. The summed E-state index contributed by atoms with van der Waals surface area (Å²) in [6, 6.07) is 7.42. The Bertz CT molecular complexity index is 908. The largest absolute Gasteiger partial charge is 0.481 e. The van der Waals surface area contributed by atoms with Crippen molar-refractivity contribution < 1.29 is 28.6 Å². The number of benzene rings is 1. The second-order valence-electron chi connectivity index (χ2n) is 8.13. The van der Waals surface area contributed by atoms with E-state index < -0.39 is 5.97 Å². The van der Waals surface area contributed by atoms with Crippen molar-refractivity contribution in [2.24, 2.45) is 11.8 Å². The minimum atomic E-state index is -0.833. The third-order valence-electron chi connectivity index (χ3n) is 5.90. The second-order valence-corrected chi connectivity index (χ2v) is 8.13. The van der Waals surface area contributed by atoms with Gasteiger partial charge in [-0.15, -0.1) is 0 Å². The van der Waals surface area contributed by atoms with Gasteiger partial charge in [-0.05, 0) is 30.9 Å². The lowest BCUT2D eigenvalue weighted by molar-refractivity contribution is -0.135. The Labute approximate surface area is 186 Å². The molecule has 3 atom stereocenters. The van der Waals surface area contributed by atoms with Crippen LogP contribution in [0.15, 0.2) is 41.3 Å². The lowest BCUT2D eigenvalue weighted by Gasteiger charge is -2.33. The molecule has 1 aromatic carbocycles. The van der Waals surface area contributed by atoms with Crippen LogP contribution in [-0.2, 0) is 14.3 Å². The van der Waals surface area contributed by atoms with Crippen molar-refractivity contribution in [1.29, 1.82) is 0 Å². The second kappa shape index (κ2) is 10.9. The molecule has 0 unspecified atom stereocenters. The number of oxazole rings is 1. The number of carbonyl (C=O) groups is 3. The molecule has 2 aromatic rings. The predicted molar refractivity (Wildman–Crippen MR) is 116 cm³/mol. The van der Waals surface area contributed by atoms with E-state index in [9.17, 15) is 9.59 Å². The summed E-state index contributed by atoms with van der Waals surface area (Å²) in [5.74, 6) is 0.566. The summed E-state index contributed by atoms with van der Waals surface area (Å²) in [6.45, 7) is 2.67. The molecule has 1 aliphatic carbocycles. The number of ether oxygens (including phenoxy) is 1. The van der Waals surface area contributed by atoms with Crippen LogP contribution in [0, 0.1) is 11.8 Å². The van der Waals surface area contributed by atoms with Crippen LogP contribution in [0.25, 0.3) is 11.3 Å². The summed E-state index contributed by atoms with van der Waals surface area (Å²) in [4.78, 5) is 39.7. The third kappa shape index (κ3) is 5.94. The van der Waals surface area contributed by atoms with Gasteiger partial charge in [0.15, 0.2) is 12.2 Å². The molecule has 0 bridgehead atoms. The van der Waals surface area contributed by atoms with Crippen molar-refractivity contribution in [3.05, 3.63) is 42.4 Å². The molecule has 1 aliphatic heterocycles. The molecule has 1 aromatic heterocycles. The molecule has 2 aliphatic rings. The van der Waals surface area contributed by atoms with Crippen LogP contribution in [0.2, 0.25) is 0 Å². The highest BCUT2D eigenvalue weighted by Crippen LogP contribution is 2.36. The Hall–Kier alpha value is -3.20. The van der Waals surface area contributed by atoms with Crippen molar-refractivity contribution in [2.75, 3.05) is 26.8 Å². The summed E-state index contributed by atoms with van der Waals surface area (Å²) < 4.78 is 10.3. The van der Waals surface area contributed by atoms with E-state index in [1.54, 1.807) is 18.3 Å². The van der Waals surface area contributed by atoms with E-state index in [1.165, 1.54) is 13.5 Å². The normalized spacial score (nSPS) is 21.8. The van der Waals surface area contributed by atoms with Crippen molar-refractivity contribution in [3.63, 3.8) is 0 Å². The van der Waals surface area contributed by atoms with Gasteiger partial charge in [-0.25, -0.2) is 4.98 Å². The number of carboxylic acid groups (broad SMARTS) is 1. The summed E-state index contributed by atoms with van der Waals surface area (Å²) in [6.07, 6.45) is 6.17. The first-order valence-electron chi connectivity index (χ1n) is 10.6. The number of fused-ring (bicyclic) bond motifs is 1. The quantitative estimate of drug-likeness (QED) is 0.728. The van der Waals surface area contributed by atoms with Crippen LogP contribution in [0.1, 0.15) is 36.5 Å². The molecule has 2 amide bonds. The van der Waals surface area contributed by atoms with Crippen LogP contribution >= 0.6 is 0 Å². The summed E-state index contributed by atoms with van der Waals surface area (Å²) in [5.41, 5.74) is 1.51. The number of carboxylic acids is 1. The van der Waals surface area contributed by atoms with Gasteiger partial charge in [0.25, 0.3) is 11.9 Å². The molecule has 2 fully saturated rings. The summed E-state index contributed by atoms with van der Waals surface area (Å²) in [5, 5.41) is 10.6. The first-order chi connectivity index (χ1) is 15.4. The number of nitrogens with zero attached hydrogens (tertiary/aromatic N) is 2. The molecule has 2 N–H and O–H groups in total. The van der Waals surface area contributed by atoms with Crippen molar-refractivity contribution in [1.82, 2.24) is 15.2 Å². The minimum Gasteiger partial charge on any atom is -0.481 e. The third-order valence-corrected chi connectivity index (χ3v) is 5.90. The van der Waals surface area contributed by atoms with Gasteiger partial charge in [-0.1, -0.05) is 18.6 Å². The van der Waals surface area contributed by atoms with Gasteiger partial charge in [0.1, 0.15) is 6.61 Å². The Morgan fingerprint density at radius 1 is 1.22 bits per heavy atom. The molecule has 9 nitrogen and oxygen atoms in total. The van der Waals surface area contributed by atoms with Gasteiger partial charge in [0.2, 0.25) is 5.91 Å². The number of aromatic nitrogens is 1. The number of aliphatic carboxylic acids is 1. The van der Waals surface area contributed by atoms with Gasteiger partial charge < -0.3 is 24.5 Å².